The summed E-state index contributed by atoms with van der Waals surface area (Å²) in [7, 11) is 1.12. The van der Waals surface area contributed by atoms with E-state index in [1.807, 2.05) is 0 Å². The van der Waals surface area contributed by atoms with Crippen molar-refractivity contribution in [2.45, 2.75) is 44.7 Å². The Morgan fingerprint density at radius 1 is 1.22 bits per heavy atom. The number of amides is 1. The van der Waals surface area contributed by atoms with E-state index in [4.69, 9.17) is 23.2 Å². The first-order valence-electron chi connectivity index (χ1n) is 10.8. The minimum Gasteiger partial charge on any atom is -0.469 e. The van der Waals surface area contributed by atoms with Gasteiger partial charge in [-0.05, 0) is 30.2 Å². The van der Waals surface area contributed by atoms with Gasteiger partial charge in [-0.25, -0.2) is 8.78 Å². The number of hydrogen-bond donors (Lipinski definition) is 1. The van der Waals surface area contributed by atoms with Crippen LogP contribution in [-0.2, 0) is 14.3 Å². The zero-order valence-electron chi connectivity index (χ0n) is 20.0. The van der Waals surface area contributed by atoms with Gasteiger partial charge in [0.15, 0.2) is 0 Å². The van der Waals surface area contributed by atoms with Crippen molar-refractivity contribution in [3.05, 3.63) is 65.2 Å². The third-order valence-corrected chi connectivity index (χ3v) is 5.84. The number of carbonyl (C=O) groups is 2. The molecule has 0 aliphatic carbocycles. The summed E-state index contributed by atoms with van der Waals surface area (Å²) >= 11 is 11.8. The monoisotopic (exact) mass is 555 g/mol. The Hall–Kier alpha value is -2.39. The summed E-state index contributed by atoms with van der Waals surface area (Å²) in [5, 5.41) is 2.36. The summed E-state index contributed by atoms with van der Waals surface area (Å²) in [6, 6.07) is 3.97. The summed E-state index contributed by atoms with van der Waals surface area (Å²) in [5.41, 5.74) is 0.146. The van der Waals surface area contributed by atoms with Crippen molar-refractivity contribution >= 4 is 40.8 Å². The average Bonchev–Trinajstić information content (AvgIpc) is 2.76. The maximum Gasteiger partial charge on any atom is 0.392 e. The Bertz CT molecular complexity index is 987. The topological polar surface area (TPSA) is 55.4 Å². The van der Waals surface area contributed by atoms with Gasteiger partial charge in [0.1, 0.15) is 0 Å². The van der Waals surface area contributed by atoms with Crippen LogP contribution in [0.4, 0.5) is 27.6 Å². The van der Waals surface area contributed by atoms with Crippen molar-refractivity contribution in [2.24, 2.45) is 11.8 Å². The fourth-order valence-corrected chi connectivity index (χ4v) is 3.82. The van der Waals surface area contributed by atoms with Gasteiger partial charge >= 0.3 is 12.1 Å². The van der Waals surface area contributed by atoms with E-state index in [0.717, 1.165) is 14.0 Å². The average molecular weight is 556 g/mol. The molecular weight excluding hydrogens is 528 g/mol. The van der Waals surface area contributed by atoms with Crippen LogP contribution >= 0.6 is 23.2 Å². The van der Waals surface area contributed by atoms with Crippen LogP contribution < -0.4 is 5.32 Å². The predicted octanol–water partition coefficient (Wildman–Crippen LogP) is 7.69. The number of halogens is 7. The Kier molecular flexibility index (Phi) is 12.1. The lowest BCUT2D eigenvalue weighted by Gasteiger charge is -2.27. The fraction of sp³-hybridized carbons (Fsp3) is 0.440. The molecular formula is C25H28Cl2F5NO3. The number of rotatable bonds is 12. The lowest BCUT2D eigenvalue weighted by molar-refractivity contribution is -0.181. The summed E-state index contributed by atoms with van der Waals surface area (Å²) in [5.74, 6) is -9.69. The van der Waals surface area contributed by atoms with E-state index in [1.54, 1.807) is 0 Å². The standard InChI is InChI=1S/C25H28Cl2F5NO3/c1-5-7-16(8-6-11-26)22(15(2)25(30,31)32)23(35)33-20-12-17(9-10-19(20)27)18(13-21(34)36-4)14-24(3,28)29/h5-10,12,15,18,22H,1,11,13-14H2,2-4H3,(H,33,35). The largest absolute Gasteiger partial charge is 0.469 e. The Morgan fingerprint density at radius 2 is 1.86 bits per heavy atom. The van der Waals surface area contributed by atoms with E-state index in [1.165, 1.54) is 42.5 Å². The molecule has 3 atom stereocenters. The lowest BCUT2D eigenvalue weighted by atomic mass is 9.84. The fourth-order valence-electron chi connectivity index (χ4n) is 3.56. The van der Waals surface area contributed by atoms with Gasteiger partial charge in [0.05, 0.1) is 36.1 Å². The van der Waals surface area contributed by atoms with Gasteiger partial charge in [0, 0.05) is 18.2 Å². The van der Waals surface area contributed by atoms with Crippen LogP contribution in [0.1, 0.15) is 38.2 Å². The minimum atomic E-state index is -4.72. The number of ether oxygens (including phenoxy) is 1. The van der Waals surface area contributed by atoms with Crippen LogP contribution in [0.5, 0.6) is 0 Å². The number of methoxy groups -OCH3 is 1. The molecule has 200 valence electrons. The van der Waals surface area contributed by atoms with E-state index >= 15 is 0 Å². The van der Waals surface area contributed by atoms with Gasteiger partial charge in [-0.3, -0.25) is 9.59 Å². The van der Waals surface area contributed by atoms with Crippen LogP contribution in [0, 0.1) is 11.8 Å². The highest BCUT2D eigenvalue weighted by atomic mass is 35.5. The molecule has 36 heavy (non-hydrogen) atoms. The smallest absolute Gasteiger partial charge is 0.392 e. The van der Waals surface area contributed by atoms with E-state index in [2.05, 4.69) is 16.6 Å². The molecule has 0 spiro atoms. The summed E-state index contributed by atoms with van der Waals surface area (Å²) in [6.45, 7) is 5.04. The molecule has 0 aliphatic heterocycles. The van der Waals surface area contributed by atoms with Gasteiger partial charge in [-0.1, -0.05) is 55.5 Å². The molecule has 11 heteroatoms. The number of anilines is 1. The molecule has 0 bridgehead atoms. The molecule has 0 radical (unpaired) electrons. The van der Waals surface area contributed by atoms with Gasteiger partial charge in [0.2, 0.25) is 11.8 Å². The summed E-state index contributed by atoms with van der Waals surface area (Å²) in [6.07, 6.45) is -0.610. The normalized spacial score (nSPS) is 15.3. The van der Waals surface area contributed by atoms with E-state index in [0.29, 0.717) is 6.92 Å². The molecule has 0 saturated carbocycles. The molecule has 1 amide bonds. The van der Waals surface area contributed by atoms with Crippen molar-refractivity contribution in [3.63, 3.8) is 0 Å². The van der Waals surface area contributed by atoms with Crippen molar-refractivity contribution < 1.29 is 36.3 Å². The second kappa shape index (κ2) is 13.8. The molecule has 0 aromatic heterocycles. The number of benzene rings is 1. The van der Waals surface area contributed by atoms with E-state index < -0.39 is 48.1 Å². The molecule has 1 N–H and O–H groups in total. The molecule has 1 aromatic carbocycles. The Labute approximate surface area is 217 Å². The number of nitrogens with one attached hydrogen (secondary N) is 1. The zero-order valence-corrected chi connectivity index (χ0v) is 21.5. The highest BCUT2D eigenvalue weighted by molar-refractivity contribution is 6.33. The van der Waals surface area contributed by atoms with Crippen LogP contribution in [0.15, 0.2) is 54.7 Å². The molecule has 0 heterocycles. The highest BCUT2D eigenvalue weighted by Crippen LogP contribution is 2.39. The first-order chi connectivity index (χ1) is 16.6. The highest BCUT2D eigenvalue weighted by Gasteiger charge is 2.45. The number of carbonyl (C=O) groups excluding carboxylic acids is 2. The molecule has 0 saturated heterocycles. The quantitative estimate of drug-likeness (QED) is 0.124. The van der Waals surface area contributed by atoms with Crippen molar-refractivity contribution in [3.8, 4) is 0 Å². The second-order valence-corrected chi connectivity index (χ2v) is 8.96. The first-order valence-corrected chi connectivity index (χ1v) is 11.7. The zero-order chi connectivity index (χ0) is 27.7. The third kappa shape index (κ3) is 9.93. The van der Waals surface area contributed by atoms with Gasteiger partial charge in [-0.2, -0.15) is 13.2 Å². The van der Waals surface area contributed by atoms with Gasteiger partial charge in [-0.15, -0.1) is 11.6 Å². The first kappa shape index (κ1) is 31.6. The van der Waals surface area contributed by atoms with Crippen molar-refractivity contribution in [1.82, 2.24) is 0 Å². The van der Waals surface area contributed by atoms with Gasteiger partial charge in [0.25, 0.3) is 0 Å². The molecule has 3 unspecified atom stereocenters. The SMILES string of the molecule is C=CC=C(C=CCCl)C(C(=O)Nc1cc(C(CC(=O)OC)CC(C)(F)F)ccc1Cl)C(C)C(F)(F)F. The van der Waals surface area contributed by atoms with Crippen LogP contribution in [0.2, 0.25) is 5.02 Å². The molecule has 1 aromatic rings. The number of hydrogen-bond acceptors (Lipinski definition) is 3. The summed E-state index contributed by atoms with van der Waals surface area (Å²) in [4.78, 5) is 25.0. The molecule has 1 rings (SSSR count). The number of allylic oxidation sites excluding steroid dienone is 4. The third-order valence-electron chi connectivity index (χ3n) is 5.33. The lowest BCUT2D eigenvalue weighted by Crippen LogP contribution is -2.37. The number of alkyl halides is 6. The summed E-state index contributed by atoms with van der Waals surface area (Å²) < 4.78 is 73.1. The van der Waals surface area contributed by atoms with Crippen LogP contribution in [0.3, 0.4) is 0 Å². The Morgan fingerprint density at radius 3 is 2.36 bits per heavy atom. The number of esters is 1. The van der Waals surface area contributed by atoms with Gasteiger partial charge < -0.3 is 10.1 Å². The second-order valence-electron chi connectivity index (χ2n) is 8.25. The van der Waals surface area contributed by atoms with Crippen LogP contribution in [-0.4, -0.2) is 37.0 Å². The van der Waals surface area contributed by atoms with E-state index in [-0.39, 0.29) is 34.1 Å². The molecule has 0 aliphatic rings. The minimum absolute atomic E-state index is 0.000734. The molecule has 4 nitrogen and oxygen atoms in total. The predicted molar refractivity (Wildman–Crippen MR) is 132 cm³/mol. The molecule has 0 fully saturated rings. The van der Waals surface area contributed by atoms with E-state index in [9.17, 15) is 31.5 Å². The Balaban J connectivity index is 3.48. The maximum absolute atomic E-state index is 13.8. The van der Waals surface area contributed by atoms with Crippen molar-refractivity contribution in [2.75, 3.05) is 18.3 Å². The maximum atomic E-state index is 13.8. The van der Waals surface area contributed by atoms with Crippen LogP contribution in [0.25, 0.3) is 0 Å². The van der Waals surface area contributed by atoms with Crippen molar-refractivity contribution in [1.29, 1.82) is 0 Å².